The van der Waals surface area contributed by atoms with Crippen molar-refractivity contribution in [3.63, 3.8) is 0 Å². The molecule has 128 valence electrons. The molecule has 1 aromatic carbocycles. The van der Waals surface area contributed by atoms with E-state index in [2.05, 4.69) is 5.32 Å². The van der Waals surface area contributed by atoms with E-state index < -0.39 is 22.9 Å². The van der Waals surface area contributed by atoms with Gasteiger partial charge in [-0.3, -0.25) is 0 Å². The number of phenols is 1. The minimum Gasteiger partial charge on any atom is -0.504 e. The van der Waals surface area contributed by atoms with Gasteiger partial charge >= 0.3 is 0 Å². The average molecular weight is 331 g/mol. The maximum absolute atomic E-state index is 11.8. The Kier molecular flexibility index (Phi) is 2.36. The van der Waals surface area contributed by atoms with Gasteiger partial charge in [0, 0.05) is 18.0 Å². The Balaban J connectivity index is 1.67. The molecule has 3 N–H and O–H groups in total. The van der Waals surface area contributed by atoms with Crippen LogP contribution in [0.4, 0.5) is 0 Å². The van der Waals surface area contributed by atoms with Crippen LogP contribution in [0.2, 0.25) is 0 Å². The van der Waals surface area contributed by atoms with Crippen molar-refractivity contribution >= 4 is 0 Å². The van der Waals surface area contributed by atoms with E-state index >= 15 is 0 Å². The number of nitrogens with one attached hydrogen (secondary N) is 1. The maximum atomic E-state index is 11.8. The summed E-state index contributed by atoms with van der Waals surface area (Å²) in [5.74, 6) is -0.143. The predicted molar refractivity (Wildman–Crippen MR) is 83.1 cm³/mol. The van der Waals surface area contributed by atoms with Crippen LogP contribution < -0.4 is 10.1 Å². The van der Waals surface area contributed by atoms with E-state index in [1.165, 1.54) is 0 Å². The number of phenolic OH excluding ortho intramolecular Hbond substituents is 1. The van der Waals surface area contributed by atoms with Gasteiger partial charge in [-0.2, -0.15) is 0 Å². The first-order valence-electron chi connectivity index (χ1n) is 8.86. The minimum absolute atomic E-state index is 0.000837. The monoisotopic (exact) mass is 331 g/mol. The molecule has 2 unspecified atom stereocenters. The predicted octanol–water partition coefficient (Wildman–Crippen LogP) is 0.577. The first-order valence-corrected chi connectivity index (χ1v) is 8.86. The van der Waals surface area contributed by atoms with E-state index in [-0.39, 0.29) is 11.8 Å². The molecule has 2 aliphatic carbocycles. The number of rotatable bonds is 0. The highest BCUT2D eigenvalue weighted by atomic mass is 16.8. The Hall–Kier alpha value is -1.34. The molecule has 1 aromatic rings. The Morgan fingerprint density at radius 3 is 2.79 bits per heavy atom. The van der Waals surface area contributed by atoms with Gasteiger partial charge in [0.1, 0.15) is 0 Å². The number of hydrogen-bond acceptors (Lipinski definition) is 6. The average Bonchev–Trinajstić information content (AvgIpc) is 3.16. The molecule has 0 aromatic heterocycles. The zero-order chi connectivity index (χ0) is 16.2. The number of aromatic hydroxyl groups is 1. The molecule has 1 saturated carbocycles. The summed E-state index contributed by atoms with van der Waals surface area (Å²) in [4.78, 5) is 0. The van der Waals surface area contributed by atoms with Crippen molar-refractivity contribution in [1.82, 2.24) is 5.32 Å². The summed E-state index contributed by atoms with van der Waals surface area (Å²) in [6, 6.07) is 3.67. The highest BCUT2D eigenvalue weighted by molar-refractivity contribution is 5.62. The van der Waals surface area contributed by atoms with Gasteiger partial charge in [-0.15, -0.1) is 0 Å². The van der Waals surface area contributed by atoms with Crippen LogP contribution in [0.3, 0.4) is 0 Å². The summed E-state index contributed by atoms with van der Waals surface area (Å²) in [5, 5.41) is 25.7. The molecular weight excluding hydrogens is 310 g/mol. The third-order valence-corrected chi connectivity index (χ3v) is 7.07. The van der Waals surface area contributed by atoms with Crippen molar-refractivity contribution in [2.75, 3.05) is 19.8 Å². The zero-order valence-electron chi connectivity index (χ0n) is 13.4. The summed E-state index contributed by atoms with van der Waals surface area (Å²) < 4.78 is 18.4. The first-order chi connectivity index (χ1) is 11.6. The van der Waals surface area contributed by atoms with Crippen molar-refractivity contribution in [2.24, 2.45) is 0 Å². The van der Waals surface area contributed by atoms with Gasteiger partial charge in [-0.25, -0.2) is 0 Å². The lowest BCUT2D eigenvalue weighted by Crippen LogP contribution is -2.79. The summed E-state index contributed by atoms with van der Waals surface area (Å²) in [6.07, 6.45) is 2.31. The van der Waals surface area contributed by atoms with E-state index in [4.69, 9.17) is 14.2 Å². The molecule has 0 radical (unpaired) electrons. The first kappa shape index (κ1) is 13.9. The lowest BCUT2D eigenvalue weighted by atomic mass is 9.48. The molecule has 2 bridgehead atoms. The lowest BCUT2D eigenvalue weighted by molar-refractivity contribution is -0.287. The van der Waals surface area contributed by atoms with Gasteiger partial charge < -0.3 is 29.7 Å². The van der Waals surface area contributed by atoms with Crippen LogP contribution in [0.1, 0.15) is 30.4 Å². The molecule has 6 rings (SSSR count). The summed E-state index contributed by atoms with van der Waals surface area (Å²) in [6.45, 7) is 1.91. The zero-order valence-corrected chi connectivity index (χ0v) is 13.4. The quantitative estimate of drug-likeness (QED) is 0.645. The van der Waals surface area contributed by atoms with Crippen LogP contribution in [0.15, 0.2) is 12.1 Å². The Morgan fingerprint density at radius 2 is 1.96 bits per heavy atom. The van der Waals surface area contributed by atoms with Crippen LogP contribution in [0.5, 0.6) is 11.5 Å². The van der Waals surface area contributed by atoms with Crippen LogP contribution >= 0.6 is 0 Å². The van der Waals surface area contributed by atoms with Crippen molar-refractivity contribution in [2.45, 2.75) is 54.6 Å². The topological polar surface area (TPSA) is 80.2 Å². The largest absolute Gasteiger partial charge is 0.504 e. The lowest BCUT2D eigenvalue weighted by Gasteiger charge is -2.62. The van der Waals surface area contributed by atoms with E-state index in [1.807, 2.05) is 6.07 Å². The number of fused-ring (bicyclic) bond motifs is 1. The molecule has 6 heteroatoms. The number of benzene rings is 1. The Labute approximate surface area is 139 Å². The second kappa shape index (κ2) is 4.07. The molecule has 3 aliphatic heterocycles. The molecule has 2 saturated heterocycles. The number of ether oxygens (including phenoxy) is 3. The van der Waals surface area contributed by atoms with Crippen molar-refractivity contribution < 1.29 is 24.4 Å². The van der Waals surface area contributed by atoms with Gasteiger partial charge in [0.05, 0.1) is 24.2 Å². The van der Waals surface area contributed by atoms with E-state index in [0.717, 1.165) is 30.5 Å². The molecule has 5 aliphatic rings. The molecule has 4 atom stereocenters. The summed E-state index contributed by atoms with van der Waals surface area (Å²) >= 11 is 0. The van der Waals surface area contributed by atoms with Crippen molar-refractivity contribution in [3.8, 4) is 11.5 Å². The standard InChI is InChI=1S/C18H21NO5/c20-11-2-1-10-9-12-17(21)3-4-18(22-7-8-23-18)15-16(17,5-6-19-12)13(10)14(11)24-15/h1-2,12,15,19-21H,3-9H2/t12-,15?,16+,17?/m1/s1. The minimum atomic E-state index is -0.900. The highest BCUT2D eigenvalue weighted by Crippen LogP contribution is 2.66. The molecule has 3 heterocycles. The van der Waals surface area contributed by atoms with Crippen LogP contribution in [-0.2, 0) is 21.3 Å². The second-order valence-electron chi connectivity index (χ2n) is 7.81. The van der Waals surface area contributed by atoms with E-state index in [9.17, 15) is 10.2 Å². The van der Waals surface area contributed by atoms with Gasteiger partial charge in [0.2, 0.25) is 5.79 Å². The maximum Gasteiger partial charge on any atom is 0.207 e. The smallest absolute Gasteiger partial charge is 0.207 e. The fourth-order valence-electron chi connectivity index (χ4n) is 6.17. The van der Waals surface area contributed by atoms with Crippen LogP contribution in [-0.4, -0.2) is 53.5 Å². The number of hydrogen-bond donors (Lipinski definition) is 3. The van der Waals surface area contributed by atoms with E-state index in [0.29, 0.717) is 31.8 Å². The van der Waals surface area contributed by atoms with E-state index in [1.54, 1.807) is 6.07 Å². The SMILES string of the molecule is Oc1ccc2c3c1OC1C4(CCC5(O)[C@@H](C2)NCC[C@]315)OCCO4. The molecule has 3 fully saturated rings. The van der Waals surface area contributed by atoms with Gasteiger partial charge in [-0.1, -0.05) is 6.07 Å². The Morgan fingerprint density at radius 1 is 1.12 bits per heavy atom. The third-order valence-electron chi connectivity index (χ3n) is 7.07. The third kappa shape index (κ3) is 1.26. The fraction of sp³-hybridized carbons (Fsp3) is 0.667. The van der Waals surface area contributed by atoms with Crippen LogP contribution in [0, 0.1) is 0 Å². The normalized spacial score (nSPS) is 43.5. The summed E-state index contributed by atoms with van der Waals surface area (Å²) in [5.41, 5.74) is 0.670. The molecule has 2 spiro atoms. The molecular formula is C18H21NO5. The van der Waals surface area contributed by atoms with Crippen LogP contribution in [0.25, 0.3) is 0 Å². The number of piperidine rings is 1. The van der Waals surface area contributed by atoms with Gasteiger partial charge in [0.25, 0.3) is 0 Å². The van der Waals surface area contributed by atoms with Gasteiger partial charge in [-0.05, 0) is 37.4 Å². The van der Waals surface area contributed by atoms with Crippen molar-refractivity contribution in [1.29, 1.82) is 0 Å². The molecule has 24 heavy (non-hydrogen) atoms. The molecule has 0 amide bonds. The highest BCUT2D eigenvalue weighted by Gasteiger charge is 2.76. The molecule has 6 nitrogen and oxygen atoms in total. The van der Waals surface area contributed by atoms with Crippen molar-refractivity contribution in [3.05, 3.63) is 23.3 Å². The van der Waals surface area contributed by atoms with Gasteiger partial charge in [0.15, 0.2) is 17.6 Å². The second-order valence-corrected chi connectivity index (χ2v) is 7.81. The summed E-state index contributed by atoms with van der Waals surface area (Å²) in [7, 11) is 0. The fourth-order valence-corrected chi connectivity index (χ4v) is 6.17. The number of aliphatic hydroxyl groups is 1. The Bertz CT molecular complexity index is 745.